The van der Waals surface area contributed by atoms with Gasteiger partial charge in [-0.3, -0.25) is 9.59 Å². The molecule has 0 radical (unpaired) electrons. The summed E-state index contributed by atoms with van der Waals surface area (Å²) in [5.41, 5.74) is 3.23. The molecule has 2 rings (SSSR count). The van der Waals surface area contributed by atoms with E-state index >= 15 is 0 Å². The normalized spacial score (nSPS) is 10.4. The van der Waals surface area contributed by atoms with Gasteiger partial charge in [0, 0.05) is 5.56 Å². The van der Waals surface area contributed by atoms with E-state index in [1.54, 1.807) is 12.1 Å². The number of aromatic carboxylic acids is 1. The fourth-order valence-electron chi connectivity index (χ4n) is 2.40. The number of amides is 2. The number of benzene rings is 2. The summed E-state index contributed by atoms with van der Waals surface area (Å²) in [6.45, 7) is -0.315. The number of nitrogens with zero attached hydrogens (tertiary/aromatic N) is 1. The molecule has 0 atom stereocenters. The molecule has 3 N–H and O–H groups in total. The molecule has 0 fully saturated rings. The molecule has 0 saturated heterocycles. The maximum absolute atomic E-state index is 12.3. The zero-order valence-corrected chi connectivity index (χ0v) is 16.6. The summed E-state index contributed by atoms with van der Waals surface area (Å²) in [6.07, 6.45) is 1.35. The third-order valence-corrected chi connectivity index (χ3v) is 3.90. The first-order valence-corrected chi connectivity index (χ1v) is 8.63. The molecule has 2 aromatic rings. The van der Waals surface area contributed by atoms with Crippen LogP contribution in [0.15, 0.2) is 41.5 Å². The van der Waals surface area contributed by atoms with Crippen LogP contribution >= 0.6 is 0 Å². The molecule has 2 aromatic carbocycles. The van der Waals surface area contributed by atoms with Crippen LogP contribution in [0.3, 0.4) is 0 Å². The van der Waals surface area contributed by atoms with Gasteiger partial charge in [0.2, 0.25) is 5.75 Å². The van der Waals surface area contributed by atoms with Crippen LogP contribution in [0, 0.1) is 0 Å². The van der Waals surface area contributed by atoms with Gasteiger partial charge < -0.3 is 24.6 Å². The van der Waals surface area contributed by atoms with Gasteiger partial charge >= 0.3 is 5.97 Å². The van der Waals surface area contributed by atoms with E-state index in [9.17, 15) is 14.4 Å². The second-order valence-corrected chi connectivity index (χ2v) is 5.82. The number of carbonyl (C=O) groups excluding carboxylic acids is 2. The van der Waals surface area contributed by atoms with Crippen molar-refractivity contribution in [2.75, 3.05) is 27.9 Å². The summed E-state index contributed by atoms with van der Waals surface area (Å²) in [7, 11) is 4.31. The minimum absolute atomic E-state index is 0.144. The Balaban J connectivity index is 1.92. The summed E-state index contributed by atoms with van der Waals surface area (Å²) < 4.78 is 15.6. The van der Waals surface area contributed by atoms with E-state index in [1.165, 1.54) is 51.8 Å². The van der Waals surface area contributed by atoms with Crippen molar-refractivity contribution in [3.8, 4) is 17.2 Å². The Morgan fingerprint density at radius 1 is 0.967 bits per heavy atom. The summed E-state index contributed by atoms with van der Waals surface area (Å²) in [4.78, 5) is 35.0. The van der Waals surface area contributed by atoms with Crippen molar-refractivity contribution in [1.29, 1.82) is 0 Å². The number of carboxylic acids is 1. The summed E-state index contributed by atoms with van der Waals surface area (Å²) in [6, 6.07) is 8.87. The Hall–Kier alpha value is -4.08. The van der Waals surface area contributed by atoms with Gasteiger partial charge in [-0.15, -0.1) is 0 Å². The van der Waals surface area contributed by atoms with E-state index in [4.69, 9.17) is 19.3 Å². The average Bonchev–Trinajstić information content (AvgIpc) is 2.76. The lowest BCUT2D eigenvalue weighted by atomic mass is 10.1. The van der Waals surface area contributed by atoms with E-state index < -0.39 is 17.8 Å². The molecule has 0 aliphatic rings. The number of nitrogens with one attached hydrogen (secondary N) is 2. The number of ether oxygens (including phenoxy) is 3. The Morgan fingerprint density at radius 2 is 1.57 bits per heavy atom. The van der Waals surface area contributed by atoms with Crippen molar-refractivity contribution in [2.24, 2.45) is 5.10 Å². The zero-order chi connectivity index (χ0) is 22.1. The number of carboxylic acid groups (broad SMARTS) is 1. The van der Waals surface area contributed by atoms with E-state index in [2.05, 4.69) is 15.8 Å². The van der Waals surface area contributed by atoms with E-state index in [1.807, 2.05) is 0 Å². The first-order chi connectivity index (χ1) is 14.4. The van der Waals surface area contributed by atoms with Crippen molar-refractivity contribution in [3.05, 3.63) is 53.1 Å². The van der Waals surface area contributed by atoms with E-state index in [-0.39, 0.29) is 17.7 Å². The van der Waals surface area contributed by atoms with Gasteiger partial charge in [-0.25, -0.2) is 10.2 Å². The van der Waals surface area contributed by atoms with Crippen LogP contribution in [0.2, 0.25) is 0 Å². The van der Waals surface area contributed by atoms with Gasteiger partial charge in [0.25, 0.3) is 11.8 Å². The first kappa shape index (κ1) is 22.2. The summed E-state index contributed by atoms with van der Waals surface area (Å²) in [5.74, 6) is -1.13. The Morgan fingerprint density at radius 3 is 2.07 bits per heavy atom. The number of hydrogen-bond donors (Lipinski definition) is 3. The number of hydrazone groups is 1. The predicted molar refractivity (Wildman–Crippen MR) is 108 cm³/mol. The first-order valence-electron chi connectivity index (χ1n) is 8.63. The fraction of sp³-hybridized carbons (Fsp3) is 0.200. The maximum Gasteiger partial charge on any atom is 0.335 e. The molecule has 0 bridgehead atoms. The largest absolute Gasteiger partial charge is 0.493 e. The molecule has 0 unspecified atom stereocenters. The lowest BCUT2D eigenvalue weighted by molar-refractivity contribution is -0.120. The molecule has 158 valence electrons. The van der Waals surface area contributed by atoms with Crippen molar-refractivity contribution < 1.29 is 33.7 Å². The van der Waals surface area contributed by atoms with Crippen LogP contribution < -0.4 is 25.0 Å². The lowest BCUT2D eigenvalue weighted by Gasteiger charge is -2.14. The highest BCUT2D eigenvalue weighted by molar-refractivity contribution is 5.97. The van der Waals surface area contributed by atoms with Gasteiger partial charge in [0.1, 0.15) is 0 Å². The van der Waals surface area contributed by atoms with Crippen LogP contribution in [-0.2, 0) is 4.79 Å². The third kappa shape index (κ3) is 5.71. The van der Waals surface area contributed by atoms with Gasteiger partial charge in [0.15, 0.2) is 11.5 Å². The topological polar surface area (TPSA) is 136 Å². The number of hydrogen-bond acceptors (Lipinski definition) is 7. The molecule has 2 amide bonds. The van der Waals surface area contributed by atoms with E-state index in [0.717, 1.165) is 0 Å². The Bertz CT molecular complexity index is 930. The third-order valence-electron chi connectivity index (χ3n) is 3.90. The highest BCUT2D eigenvalue weighted by Crippen LogP contribution is 2.38. The van der Waals surface area contributed by atoms with Crippen LogP contribution in [0.4, 0.5) is 0 Å². The summed E-state index contributed by atoms with van der Waals surface area (Å²) in [5, 5.41) is 15.1. The summed E-state index contributed by atoms with van der Waals surface area (Å²) >= 11 is 0. The molecule has 30 heavy (non-hydrogen) atoms. The Kier molecular flexibility index (Phi) is 7.74. The second kappa shape index (κ2) is 10.5. The SMILES string of the molecule is COc1cc(C(=O)NCC(=O)N/N=C/c2ccc(C(=O)O)cc2)cc(OC)c1OC. The molecule has 0 heterocycles. The predicted octanol–water partition coefficient (Wildman–Crippen LogP) is 1.29. The minimum Gasteiger partial charge on any atom is -0.493 e. The molecule has 10 heteroatoms. The quantitative estimate of drug-likeness (QED) is 0.415. The van der Waals surface area contributed by atoms with E-state index in [0.29, 0.717) is 22.8 Å². The van der Waals surface area contributed by atoms with Crippen LogP contribution in [0.5, 0.6) is 17.2 Å². The number of rotatable bonds is 9. The fourth-order valence-corrected chi connectivity index (χ4v) is 2.40. The monoisotopic (exact) mass is 415 g/mol. The molecule has 10 nitrogen and oxygen atoms in total. The van der Waals surface area contributed by atoms with Crippen LogP contribution in [-0.4, -0.2) is 57.0 Å². The molecule has 0 aliphatic carbocycles. The Labute approximate surface area is 172 Å². The zero-order valence-electron chi connectivity index (χ0n) is 16.6. The van der Waals surface area contributed by atoms with Crippen molar-refractivity contribution in [2.45, 2.75) is 0 Å². The van der Waals surface area contributed by atoms with Gasteiger partial charge in [-0.2, -0.15) is 5.10 Å². The van der Waals surface area contributed by atoms with Crippen molar-refractivity contribution in [3.63, 3.8) is 0 Å². The molecule has 0 aliphatic heterocycles. The smallest absolute Gasteiger partial charge is 0.335 e. The maximum atomic E-state index is 12.3. The number of methoxy groups -OCH3 is 3. The van der Waals surface area contributed by atoms with Gasteiger partial charge in [0.05, 0.1) is 39.7 Å². The standard InChI is InChI=1S/C20H21N3O7/c1-28-15-8-14(9-16(29-2)18(15)30-3)19(25)21-11-17(24)23-22-10-12-4-6-13(7-5-12)20(26)27/h4-10H,11H2,1-3H3,(H,21,25)(H,23,24)(H,26,27)/b22-10+. The lowest BCUT2D eigenvalue weighted by Crippen LogP contribution is -2.34. The second-order valence-electron chi connectivity index (χ2n) is 5.82. The minimum atomic E-state index is -1.03. The van der Waals surface area contributed by atoms with Gasteiger partial charge in [-0.05, 0) is 29.8 Å². The van der Waals surface area contributed by atoms with Crippen LogP contribution in [0.25, 0.3) is 0 Å². The van der Waals surface area contributed by atoms with Crippen molar-refractivity contribution >= 4 is 24.0 Å². The average molecular weight is 415 g/mol. The molecule has 0 spiro atoms. The molecule has 0 saturated carbocycles. The van der Waals surface area contributed by atoms with Crippen molar-refractivity contribution in [1.82, 2.24) is 10.7 Å². The molecule has 0 aromatic heterocycles. The highest BCUT2D eigenvalue weighted by atomic mass is 16.5. The number of carbonyl (C=O) groups is 3. The molecular weight excluding hydrogens is 394 g/mol. The van der Waals surface area contributed by atoms with Crippen LogP contribution in [0.1, 0.15) is 26.3 Å². The highest BCUT2D eigenvalue weighted by Gasteiger charge is 2.17. The van der Waals surface area contributed by atoms with Gasteiger partial charge in [-0.1, -0.05) is 12.1 Å². The molecular formula is C20H21N3O7.